The molecule has 0 saturated carbocycles. The second kappa shape index (κ2) is 5.57. The molecule has 0 aliphatic carbocycles. The van der Waals surface area contributed by atoms with Crippen molar-refractivity contribution in [1.29, 1.82) is 0 Å². The Kier molecular flexibility index (Phi) is 3.77. The minimum atomic E-state index is -0.523. The third kappa shape index (κ3) is 2.71. The molecule has 0 aromatic heterocycles. The lowest BCUT2D eigenvalue weighted by atomic mass is 10.0. The summed E-state index contributed by atoms with van der Waals surface area (Å²) >= 11 is 0. The number of nitro benzene ring substituents is 1. The molecule has 0 spiro atoms. The second-order valence-electron chi connectivity index (χ2n) is 5.69. The fourth-order valence-electron chi connectivity index (χ4n) is 2.99. The molecule has 2 heterocycles. The second-order valence-corrected chi connectivity index (χ2v) is 5.69. The Morgan fingerprint density at radius 3 is 2.62 bits per heavy atom. The number of hydrogen-bond donors (Lipinski definition) is 1. The number of nitro groups is 1. The molecular formula is C14H19FN4O2. The first-order valence-electron chi connectivity index (χ1n) is 7.20. The molecule has 7 heteroatoms. The van der Waals surface area contributed by atoms with E-state index in [0.29, 0.717) is 17.3 Å². The van der Waals surface area contributed by atoms with Crippen LogP contribution in [0.25, 0.3) is 0 Å². The summed E-state index contributed by atoms with van der Waals surface area (Å²) in [6.45, 7) is 7.19. The summed E-state index contributed by atoms with van der Waals surface area (Å²) in [7, 11) is 0. The predicted octanol–water partition coefficient (Wildman–Crippen LogP) is 1.14. The van der Waals surface area contributed by atoms with Crippen LogP contribution in [0.5, 0.6) is 0 Å². The normalized spacial score (nSPS) is 20.4. The van der Waals surface area contributed by atoms with Crippen LogP contribution < -0.4 is 10.2 Å². The maximum absolute atomic E-state index is 13.5. The highest BCUT2D eigenvalue weighted by Crippen LogP contribution is 2.34. The van der Waals surface area contributed by atoms with Gasteiger partial charge in [-0.15, -0.1) is 0 Å². The van der Waals surface area contributed by atoms with Crippen molar-refractivity contribution in [3.05, 3.63) is 33.6 Å². The summed E-state index contributed by atoms with van der Waals surface area (Å²) < 4.78 is 13.5. The van der Waals surface area contributed by atoms with Crippen molar-refractivity contribution in [2.45, 2.75) is 13.0 Å². The van der Waals surface area contributed by atoms with Gasteiger partial charge >= 0.3 is 0 Å². The van der Waals surface area contributed by atoms with E-state index in [1.807, 2.05) is 4.90 Å². The van der Waals surface area contributed by atoms with E-state index in [2.05, 4.69) is 10.2 Å². The molecule has 0 amide bonds. The van der Waals surface area contributed by atoms with Crippen LogP contribution in [0, 0.1) is 22.9 Å². The maximum Gasteiger partial charge on any atom is 0.295 e. The number of halogens is 1. The van der Waals surface area contributed by atoms with Gasteiger partial charge in [-0.05, 0) is 18.6 Å². The zero-order chi connectivity index (χ0) is 15.0. The number of nitrogens with one attached hydrogen (secondary N) is 1. The topological polar surface area (TPSA) is 61.6 Å². The SMILES string of the molecule is Cc1cc(N2CC(N3CCNCC3)C2)c([N+](=O)[O-])cc1F. The quantitative estimate of drug-likeness (QED) is 0.669. The van der Waals surface area contributed by atoms with E-state index >= 15 is 0 Å². The van der Waals surface area contributed by atoms with Crippen LogP contribution in [-0.2, 0) is 0 Å². The van der Waals surface area contributed by atoms with E-state index < -0.39 is 10.7 Å². The summed E-state index contributed by atoms with van der Waals surface area (Å²) in [5.41, 5.74) is 0.836. The number of rotatable bonds is 3. The molecule has 21 heavy (non-hydrogen) atoms. The average Bonchev–Trinajstić information content (AvgIpc) is 2.41. The summed E-state index contributed by atoms with van der Waals surface area (Å²) in [5, 5.41) is 14.4. The van der Waals surface area contributed by atoms with E-state index in [9.17, 15) is 14.5 Å². The van der Waals surface area contributed by atoms with Crippen LogP contribution in [-0.4, -0.2) is 55.1 Å². The van der Waals surface area contributed by atoms with Crippen molar-refractivity contribution in [2.75, 3.05) is 44.2 Å². The van der Waals surface area contributed by atoms with Crippen molar-refractivity contribution in [2.24, 2.45) is 0 Å². The third-order valence-corrected chi connectivity index (χ3v) is 4.32. The molecule has 6 nitrogen and oxygen atoms in total. The summed E-state index contributed by atoms with van der Waals surface area (Å²) in [5.74, 6) is -0.523. The standard InChI is InChI=1S/C14H19FN4O2/c1-10-6-13(14(19(20)21)7-12(10)15)18-8-11(9-18)17-4-2-16-3-5-17/h6-7,11,16H,2-5,8-9H2,1H3. The minimum absolute atomic E-state index is 0.142. The lowest BCUT2D eigenvalue weighted by Crippen LogP contribution is -2.63. The monoisotopic (exact) mass is 294 g/mol. The number of aryl methyl sites for hydroxylation is 1. The Bertz CT molecular complexity index is 554. The Labute approximate surface area is 122 Å². The van der Waals surface area contributed by atoms with Gasteiger partial charge in [0.2, 0.25) is 0 Å². The van der Waals surface area contributed by atoms with E-state index in [-0.39, 0.29) is 5.69 Å². The molecule has 2 aliphatic rings. The molecule has 1 aromatic carbocycles. The van der Waals surface area contributed by atoms with Gasteiger partial charge in [-0.3, -0.25) is 15.0 Å². The zero-order valence-corrected chi connectivity index (χ0v) is 12.0. The number of benzene rings is 1. The highest BCUT2D eigenvalue weighted by molar-refractivity contribution is 5.66. The Balaban J connectivity index is 1.74. The summed E-state index contributed by atoms with van der Waals surface area (Å²) in [6.07, 6.45) is 0. The first-order chi connectivity index (χ1) is 10.1. The number of piperazine rings is 1. The molecule has 2 aliphatic heterocycles. The number of nitrogens with zero attached hydrogens (tertiary/aromatic N) is 3. The fourth-order valence-corrected chi connectivity index (χ4v) is 2.99. The lowest BCUT2D eigenvalue weighted by molar-refractivity contribution is -0.384. The molecule has 0 unspecified atom stereocenters. The summed E-state index contributed by atoms with van der Waals surface area (Å²) in [4.78, 5) is 15.0. The molecule has 0 radical (unpaired) electrons. The smallest absolute Gasteiger partial charge is 0.295 e. The van der Waals surface area contributed by atoms with Crippen molar-refractivity contribution in [3.63, 3.8) is 0 Å². The Hall–Kier alpha value is -1.73. The van der Waals surface area contributed by atoms with Gasteiger partial charge in [-0.2, -0.15) is 0 Å². The zero-order valence-electron chi connectivity index (χ0n) is 12.0. The molecule has 0 atom stereocenters. The highest BCUT2D eigenvalue weighted by atomic mass is 19.1. The Morgan fingerprint density at radius 1 is 1.33 bits per heavy atom. The van der Waals surface area contributed by atoms with Crippen LogP contribution >= 0.6 is 0 Å². The van der Waals surface area contributed by atoms with Gasteiger partial charge in [-0.25, -0.2) is 4.39 Å². The number of hydrogen-bond acceptors (Lipinski definition) is 5. The first kappa shape index (κ1) is 14.2. The van der Waals surface area contributed by atoms with Crippen molar-refractivity contribution >= 4 is 11.4 Å². The molecule has 3 rings (SSSR count). The van der Waals surface area contributed by atoms with Crippen molar-refractivity contribution in [1.82, 2.24) is 10.2 Å². The molecule has 1 N–H and O–H groups in total. The van der Waals surface area contributed by atoms with Gasteiger partial charge < -0.3 is 10.2 Å². The van der Waals surface area contributed by atoms with E-state index in [1.165, 1.54) is 0 Å². The van der Waals surface area contributed by atoms with Gasteiger partial charge in [0.25, 0.3) is 5.69 Å². The Morgan fingerprint density at radius 2 is 2.00 bits per heavy atom. The van der Waals surface area contributed by atoms with Crippen LogP contribution in [0.1, 0.15) is 5.56 Å². The van der Waals surface area contributed by atoms with Crippen LogP contribution in [0.3, 0.4) is 0 Å². The minimum Gasteiger partial charge on any atom is -0.363 e. The van der Waals surface area contributed by atoms with Gasteiger partial charge in [0.15, 0.2) is 0 Å². The average molecular weight is 294 g/mol. The molecule has 114 valence electrons. The van der Waals surface area contributed by atoms with Crippen LogP contribution in [0.15, 0.2) is 12.1 Å². The molecular weight excluding hydrogens is 275 g/mol. The largest absolute Gasteiger partial charge is 0.363 e. The van der Waals surface area contributed by atoms with E-state index in [0.717, 1.165) is 45.3 Å². The lowest BCUT2D eigenvalue weighted by Gasteiger charge is -2.47. The van der Waals surface area contributed by atoms with Crippen LogP contribution in [0.4, 0.5) is 15.8 Å². The third-order valence-electron chi connectivity index (χ3n) is 4.32. The summed E-state index contributed by atoms with van der Waals surface area (Å²) in [6, 6.07) is 3.06. The fraction of sp³-hybridized carbons (Fsp3) is 0.571. The highest BCUT2D eigenvalue weighted by Gasteiger charge is 2.35. The molecule has 1 aromatic rings. The van der Waals surface area contributed by atoms with Crippen molar-refractivity contribution in [3.8, 4) is 0 Å². The van der Waals surface area contributed by atoms with E-state index in [1.54, 1.807) is 13.0 Å². The first-order valence-corrected chi connectivity index (χ1v) is 7.20. The van der Waals surface area contributed by atoms with Gasteiger partial charge in [0, 0.05) is 45.3 Å². The predicted molar refractivity (Wildman–Crippen MR) is 78.2 cm³/mol. The molecule has 0 bridgehead atoms. The van der Waals surface area contributed by atoms with Gasteiger partial charge in [-0.1, -0.05) is 0 Å². The van der Waals surface area contributed by atoms with Crippen LogP contribution in [0.2, 0.25) is 0 Å². The van der Waals surface area contributed by atoms with E-state index in [4.69, 9.17) is 0 Å². The number of anilines is 1. The van der Waals surface area contributed by atoms with Gasteiger partial charge in [0.1, 0.15) is 11.5 Å². The van der Waals surface area contributed by atoms with Gasteiger partial charge in [0.05, 0.1) is 11.0 Å². The maximum atomic E-state index is 13.5. The van der Waals surface area contributed by atoms with Crippen molar-refractivity contribution < 1.29 is 9.31 Å². The molecule has 2 saturated heterocycles. The molecule has 2 fully saturated rings.